The van der Waals surface area contributed by atoms with Crippen LogP contribution in [-0.2, 0) is 4.74 Å². The smallest absolute Gasteiger partial charge is 0.409 e. The molecule has 0 aliphatic carbocycles. The van der Waals surface area contributed by atoms with Crippen LogP contribution >= 0.6 is 11.3 Å². The van der Waals surface area contributed by atoms with E-state index in [-0.39, 0.29) is 6.09 Å². The van der Waals surface area contributed by atoms with Gasteiger partial charge in [0.15, 0.2) is 0 Å². The number of fused-ring (bicyclic) bond motifs is 1. The number of hydrogen-bond acceptors (Lipinski definition) is 6. The molecular weight excluding hydrogens is 324 g/mol. The fourth-order valence-corrected chi connectivity index (χ4v) is 3.83. The second kappa shape index (κ2) is 6.93. The van der Waals surface area contributed by atoms with Gasteiger partial charge in [0.25, 0.3) is 0 Å². The Hall–Kier alpha value is -1.89. The Morgan fingerprint density at radius 1 is 1.25 bits per heavy atom. The summed E-state index contributed by atoms with van der Waals surface area (Å²) in [6.45, 7) is 11.6. The van der Waals surface area contributed by atoms with Crippen LogP contribution in [0.5, 0.6) is 0 Å². The Bertz CT molecular complexity index is 736. The molecule has 2 aromatic rings. The van der Waals surface area contributed by atoms with E-state index < -0.39 is 0 Å². The summed E-state index contributed by atoms with van der Waals surface area (Å²) < 4.78 is 5.32. The third kappa shape index (κ3) is 3.31. The third-order valence-corrected chi connectivity index (χ3v) is 5.44. The van der Waals surface area contributed by atoms with E-state index in [2.05, 4.69) is 28.7 Å². The van der Waals surface area contributed by atoms with Gasteiger partial charge in [0, 0.05) is 31.1 Å². The lowest BCUT2D eigenvalue weighted by Gasteiger charge is -2.35. The zero-order chi connectivity index (χ0) is 17.3. The van der Waals surface area contributed by atoms with Crippen molar-refractivity contribution in [3.63, 3.8) is 0 Å². The highest BCUT2D eigenvalue weighted by atomic mass is 32.1. The molecule has 0 bridgehead atoms. The summed E-state index contributed by atoms with van der Waals surface area (Å²) in [5, 5.41) is 1.15. The van der Waals surface area contributed by atoms with Crippen LogP contribution in [0.25, 0.3) is 10.2 Å². The van der Waals surface area contributed by atoms with Crippen LogP contribution in [0, 0.1) is 19.8 Å². The molecule has 0 spiro atoms. The Kier molecular flexibility index (Phi) is 4.89. The monoisotopic (exact) mass is 348 g/mol. The van der Waals surface area contributed by atoms with Crippen LogP contribution in [-0.4, -0.2) is 53.7 Å². The molecule has 1 fully saturated rings. The molecule has 3 rings (SSSR count). The van der Waals surface area contributed by atoms with Crippen LogP contribution in [0.2, 0.25) is 0 Å². The van der Waals surface area contributed by atoms with Crippen molar-refractivity contribution in [3.05, 3.63) is 16.8 Å². The Labute approximate surface area is 146 Å². The van der Waals surface area contributed by atoms with Gasteiger partial charge in [-0.1, -0.05) is 13.8 Å². The summed E-state index contributed by atoms with van der Waals surface area (Å²) in [5.41, 5.74) is 1.25. The first-order valence-corrected chi connectivity index (χ1v) is 9.16. The van der Waals surface area contributed by atoms with Gasteiger partial charge in [-0.25, -0.2) is 14.8 Å². The molecule has 0 radical (unpaired) electrons. The van der Waals surface area contributed by atoms with Gasteiger partial charge in [0.2, 0.25) is 0 Å². The van der Waals surface area contributed by atoms with Crippen molar-refractivity contribution >= 4 is 33.5 Å². The van der Waals surface area contributed by atoms with Crippen LogP contribution in [0.15, 0.2) is 6.33 Å². The molecule has 1 aliphatic rings. The summed E-state index contributed by atoms with van der Waals surface area (Å²) in [5.74, 6) is 1.34. The summed E-state index contributed by atoms with van der Waals surface area (Å²) >= 11 is 1.71. The second-order valence-electron chi connectivity index (χ2n) is 6.61. The van der Waals surface area contributed by atoms with E-state index in [4.69, 9.17) is 4.74 Å². The first-order valence-electron chi connectivity index (χ1n) is 8.34. The highest BCUT2D eigenvalue weighted by Crippen LogP contribution is 2.34. The minimum atomic E-state index is -0.209. The topological polar surface area (TPSA) is 58.6 Å². The van der Waals surface area contributed by atoms with Gasteiger partial charge >= 0.3 is 6.09 Å². The Balaban J connectivity index is 1.70. The molecule has 1 aliphatic heterocycles. The molecule has 0 N–H and O–H groups in total. The third-order valence-electron chi connectivity index (χ3n) is 4.32. The predicted octanol–water partition coefficient (Wildman–Crippen LogP) is 3.22. The summed E-state index contributed by atoms with van der Waals surface area (Å²) in [4.78, 5) is 27.3. The lowest BCUT2D eigenvalue weighted by Crippen LogP contribution is -2.49. The summed E-state index contributed by atoms with van der Waals surface area (Å²) in [6, 6.07) is 0. The number of nitrogens with zero attached hydrogens (tertiary/aromatic N) is 4. The quantitative estimate of drug-likeness (QED) is 0.852. The molecule has 24 heavy (non-hydrogen) atoms. The number of piperazine rings is 1. The van der Waals surface area contributed by atoms with E-state index in [1.807, 2.05) is 13.8 Å². The summed E-state index contributed by atoms with van der Waals surface area (Å²) in [6.07, 6.45) is 1.43. The number of thiophene rings is 1. The van der Waals surface area contributed by atoms with Gasteiger partial charge < -0.3 is 14.5 Å². The van der Waals surface area contributed by atoms with Crippen LogP contribution < -0.4 is 4.90 Å². The first kappa shape index (κ1) is 17.0. The van der Waals surface area contributed by atoms with E-state index >= 15 is 0 Å². The highest BCUT2D eigenvalue weighted by Gasteiger charge is 2.25. The van der Waals surface area contributed by atoms with Gasteiger partial charge in [-0.3, -0.25) is 0 Å². The molecule has 0 unspecified atom stereocenters. The number of aromatic nitrogens is 2. The zero-order valence-electron chi connectivity index (χ0n) is 14.7. The van der Waals surface area contributed by atoms with Gasteiger partial charge in [0.1, 0.15) is 17.0 Å². The minimum absolute atomic E-state index is 0.209. The number of carbonyl (C=O) groups excluding carboxylic acids is 1. The van der Waals surface area contributed by atoms with Crippen molar-refractivity contribution in [3.8, 4) is 0 Å². The van der Waals surface area contributed by atoms with Gasteiger partial charge in [-0.15, -0.1) is 11.3 Å². The first-order chi connectivity index (χ1) is 11.5. The average molecular weight is 348 g/mol. The van der Waals surface area contributed by atoms with Crippen molar-refractivity contribution in [1.29, 1.82) is 0 Å². The van der Waals surface area contributed by atoms with Crippen molar-refractivity contribution in [2.24, 2.45) is 5.92 Å². The number of amides is 1. The fraction of sp³-hybridized carbons (Fsp3) is 0.588. The van der Waals surface area contributed by atoms with E-state index in [0.717, 1.165) is 29.1 Å². The molecular formula is C17H24N4O2S. The maximum Gasteiger partial charge on any atom is 0.409 e. The Morgan fingerprint density at radius 2 is 1.96 bits per heavy atom. The predicted molar refractivity (Wildman–Crippen MR) is 96.9 cm³/mol. The van der Waals surface area contributed by atoms with Gasteiger partial charge in [-0.2, -0.15) is 0 Å². The molecule has 0 atom stereocenters. The van der Waals surface area contributed by atoms with Gasteiger partial charge in [-0.05, 0) is 25.3 Å². The number of carbonyl (C=O) groups is 1. The second-order valence-corrected chi connectivity index (χ2v) is 7.81. The molecule has 2 aromatic heterocycles. The van der Waals surface area contributed by atoms with Crippen molar-refractivity contribution in [2.45, 2.75) is 27.7 Å². The number of rotatable bonds is 3. The molecule has 1 saturated heterocycles. The van der Waals surface area contributed by atoms with E-state index in [1.165, 1.54) is 10.4 Å². The standard InChI is InChI=1S/C17H24N4O2S/c1-11(2)9-23-17(22)21-7-5-20(6-8-21)15-14-12(3)13(4)24-16(14)19-10-18-15/h10-11H,5-9H2,1-4H3. The van der Waals surface area contributed by atoms with E-state index in [1.54, 1.807) is 22.6 Å². The van der Waals surface area contributed by atoms with Gasteiger partial charge in [0.05, 0.1) is 12.0 Å². The average Bonchev–Trinajstić information content (AvgIpc) is 2.87. The molecule has 6 nitrogen and oxygen atoms in total. The SMILES string of the molecule is Cc1sc2ncnc(N3CCN(C(=O)OCC(C)C)CC3)c2c1C. The maximum atomic E-state index is 12.1. The normalized spacial score (nSPS) is 15.4. The van der Waals surface area contributed by atoms with Crippen LogP contribution in [0.1, 0.15) is 24.3 Å². The highest BCUT2D eigenvalue weighted by molar-refractivity contribution is 7.18. The number of ether oxygens (including phenoxy) is 1. The molecule has 7 heteroatoms. The van der Waals surface area contributed by atoms with Crippen molar-refractivity contribution in [1.82, 2.24) is 14.9 Å². The van der Waals surface area contributed by atoms with Crippen LogP contribution in [0.4, 0.5) is 10.6 Å². The maximum absolute atomic E-state index is 12.1. The molecule has 130 valence electrons. The number of hydrogen-bond donors (Lipinski definition) is 0. The number of anilines is 1. The van der Waals surface area contributed by atoms with Crippen molar-refractivity contribution in [2.75, 3.05) is 37.7 Å². The molecule has 3 heterocycles. The van der Waals surface area contributed by atoms with E-state index in [0.29, 0.717) is 25.6 Å². The molecule has 0 saturated carbocycles. The van der Waals surface area contributed by atoms with Crippen molar-refractivity contribution < 1.29 is 9.53 Å². The largest absolute Gasteiger partial charge is 0.449 e. The molecule has 0 aromatic carbocycles. The minimum Gasteiger partial charge on any atom is -0.449 e. The molecule has 1 amide bonds. The number of aryl methyl sites for hydroxylation is 2. The Morgan fingerprint density at radius 3 is 2.62 bits per heavy atom. The lowest BCUT2D eigenvalue weighted by atomic mass is 10.2. The lowest BCUT2D eigenvalue weighted by molar-refractivity contribution is 0.0901. The van der Waals surface area contributed by atoms with E-state index in [9.17, 15) is 4.79 Å². The summed E-state index contributed by atoms with van der Waals surface area (Å²) in [7, 11) is 0. The fourth-order valence-electron chi connectivity index (χ4n) is 2.83. The zero-order valence-corrected chi connectivity index (χ0v) is 15.5. The van der Waals surface area contributed by atoms with Crippen LogP contribution in [0.3, 0.4) is 0 Å².